The Bertz CT molecular complexity index is 567. The predicted octanol–water partition coefficient (Wildman–Crippen LogP) is 4.98. The number of thiophene rings is 1. The van der Waals surface area contributed by atoms with Crippen molar-refractivity contribution in [2.45, 2.75) is 19.4 Å². The highest BCUT2D eigenvalue weighted by molar-refractivity contribution is 9.13. The van der Waals surface area contributed by atoms with Gasteiger partial charge in [-0.2, -0.15) is 0 Å². The van der Waals surface area contributed by atoms with Gasteiger partial charge in [0.2, 0.25) is 0 Å². The number of benzene rings is 1. The van der Waals surface area contributed by atoms with Crippen molar-refractivity contribution < 1.29 is 0 Å². The first kappa shape index (κ1) is 15.5. The zero-order valence-electron chi connectivity index (χ0n) is 10.2. The monoisotopic (exact) mass is 422 g/mol. The van der Waals surface area contributed by atoms with Gasteiger partial charge in [-0.1, -0.05) is 23.7 Å². The number of nitrogens with two attached hydrogens (primary N) is 1. The van der Waals surface area contributed by atoms with E-state index in [1.165, 1.54) is 0 Å². The van der Waals surface area contributed by atoms with Gasteiger partial charge in [0.05, 0.1) is 9.83 Å². The van der Waals surface area contributed by atoms with Crippen molar-refractivity contribution in [3.8, 4) is 0 Å². The first-order valence-electron chi connectivity index (χ1n) is 5.67. The molecule has 1 atom stereocenters. The Morgan fingerprint density at radius 1 is 1.37 bits per heavy atom. The van der Waals surface area contributed by atoms with E-state index < -0.39 is 0 Å². The molecule has 1 unspecified atom stereocenters. The van der Waals surface area contributed by atoms with Gasteiger partial charge < -0.3 is 0 Å². The third-order valence-corrected chi connectivity index (χ3v) is 6.56. The van der Waals surface area contributed by atoms with Crippen LogP contribution in [-0.4, -0.2) is 0 Å². The maximum absolute atomic E-state index is 6.27. The molecule has 0 aliphatic carbocycles. The summed E-state index contributed by atoms with van der Waals surface area (Å²) >= 11 is 14.9. The topological polar surface area (TPSA) is 38.0 Å². The molecule has 19 heavy (non-hydrogen) atoms. The van der Waals surface area contributed by atoms with Crippen molar-refractivity contribution in [2.75, 3.05) is 0 Å². The Morgan fingerprint density at radius 2 is 2.11 bits per heavy atom. The maximum Gasteiger partial charge on any atom is 0.0843 e. The highest BCUT2D eigenvalue weighted by Crippen LogP contribution is 2.36. The summed E-state index contributed by atoms with van der Waals surface area (Å²) in [6.07, 6.45) is 0.759. The molecule has 102 valence electrons. The fraction of sp³-hybridized carbons (Fsp3) is 0.231. The second kappa shape index (κ2) is 6.70. The van der Waals surface area contributed by atoms with E-state index in [0.717, 1.165) is 35.7 Å². The quantitative estimate of drug-likeness (QED) is 0.536. The highest BCUT2D eigenvalue weighted by atomic mass is 79.9. The number of aryl methyl sites for hydroxylation is 1. The van der Waals surface area contributed by atoms with Crippen LogP contribution in [0.5, 0.6) is 0 Å². The average molecular weight is 425 g/mol. The normalized spacial score (nSPS) is 12.7. The van der Waals surface area contributed by atoms with Crippen molar-refractivity contribution >= 4 is 54.8 Å². The maximum atomic E-state index is 6.27. The molecule has 0 saturated carbocycles. The van der Waals surface area contributed by atoms with Crippen LogP contribution < -0.4 is 11.3 Å². The standard InChI is InChI=1S/C13H13Br2ClN2S/c1-7-2-3-8(10(16)4-7)5-11(18-17)12-6-9(14)13(15)19-12/h2-4,6,11,18H,5,17H2,1H3. The van der Waals surface area contributed by atoms with E-state index in [2.05, 4.69) is 55.5 Å². The lowest BCUT2D eigenvalue weighted by Crippen LogP contribution is -2.29. The van der Waals surface area contributed by atoms with Crippen molar-refractivity contribution in [1.82, 2.24) is 5.43 Å². The van der Waals surface area contributed by atoms with Crippen LogP contribution >= 0.6 is 54.8 Å². The van der Waals surface area contributed by atoms with Crippen LogP contribution in [0.15, 0.2) is 32.5 Å². The third kappa shape index (κ3) is 3.80. The van der Waals surface area contributed by atoms with Gasteiger partial charge in [0.25, 0.3) is 0 Å². The van der Waals surface area contributed by atoms with Crippen LogP contribution in [0, 0.1) is 6.92 Å². The Morgan fingerprint density at radius 3 is 2.63 bits per heavy atom. The van der Waals surface area contributed by atoms with E-state index in [4.69, 9.17) is 17.4 Å². The number of halogens is 3. The Labute approximate surface area is 138 Å². The molecule has 1 aromatic heterocycles. The number of rotatable bonds is 4. The van der Waals surface area contributed by atoms with Gasteiger partial charge in [0.1, 0.15) is 0 Å². The molecule has 0 fully saturated rings. The van der Waals surface area contributed by atoms with Crippen LogP contribution in [0.4, 0.5) is 0 Å². The molecule has 2 rings (SSSR count). The number of nitrogens with one attached hydrogen (secondary N) is 1. The largest absolute Gasteiger partial charge is 0.271 e. The van der Waals surface area contributed by atoms with E-state index in [0.29, 0.717) is 0 Å². The lowest BCUT2D eigenvalue weighted by atomic mass is 10.0. The summed E-state index contributed by atoms with van der Waals surface area (Å²) in [6.45, 7) is 2.03. The molecular weight excluding hydrogens is 411 g/mol. The van der Waals surface area contributed by atoms with Crippen molar-refractivity contribution in [2.24, 2.45) is 5.84 Å². The molecule has 0 spiro atoms. The third-order valence-electron chi connectivity index (χ3n) is 2.84. The molecule has 0 bridgehead atoms. The summed E-state index contributed by atoms with van der Waals surface area (Å²) in [4.78, 5) is 1.16. The molecule has 0 aliphatic heterocycles. The lowest BCUT2D eigenvalue weighted by molar-refractivity contribution is 0.560. The average Bonchev–Trinajstić information content (AvgIpc) is 2.68. The number of hydrogen-bond acceptors (Lipinski definition) is 3. The van der Waals surface area contributed by atoms with E-state index in [-0.39, 0.29) is 6.04 Å². The van der Waals surface area contributed by atoms with Gasteiger partial charge in [-0.3, -0.25) is 11.3 Å². The van der Waals surface area contributed by atoms with Crippen LogP contribution in [0.1, 0.15) is 22.0 Å². The van der Waals surface area contributed by atoms with Gasteiger partial charge in [0, 0.05) is 14.4 Å². The van der Waals surface area contributed by atoms with Gasteiger partial charge >= 0.3 is 0 Å². The van der Waals surface area contributed by atoms with Gasteiger partial charge in [0.15, 0.2) is 0 Å². The Kier molecular flexibility index (Phi) is 5.45. The van der Waals surface area contributed by atoms with Crippen molar-refractivity contribution in [3.63, 3.8) is 0 Å². The molecule has 6 heteroatoms. The fourth-order valence-electron chi connectivity index (χ4n) is 1.81. The van der Waals surface area contributed by atoms with E-state index in [1.807, 2.05) is 13.0 Å². The highest BCUT2D eigenvalue weighted by Gasteiger charge is 2.16. The summed E-state index contributed by atoms with van der Waals surface area (Å²) in [7, 11) is 0. The smallest absolute Gasteiger partial charge is 0.0843 e. The summed E-state index contributed by atoms with van der Waals surface area (Å²) < 4.78 is 2.11. The fourth-order valence-corrected chi connectivity index (χ4v) is 4.28. The van der Waals surface area contributed by atoms with Gasteiger partial charge in [-0.15, -0.1) is 11.3 Å². The zero-order chi connectivity index (χ0) is 14.0. The summed E-state index contributed by atoms with van der Waals surface area (Å²) in [5.41, 5.74) is 5.11. The minimum atomic E-state index is 0.0489. The van der Waals surface area contributed by atoms with Crippen LogP contribution in [0.2, 0.25) is 5.02 Å². The number of hydrazine groups is 1. The molecule has 1 heterocycles. The van der Waals surface area contributed by atoms with Crippen molar-refractivity contribution in [1.29, 1.82) is 0 Å². The van der Waals surface area contributed by atoms with Crippen LogP contribution in [-0.2, 0) is 6.42 Å². The van der Waals surface area contributed by atoms with E-state index in [9.17, 15) is 0 Å². The molecule has 2 nitrogen and oxygen atoms in total. The molecule has 0 amide bonds. The lowest BCUT2D eigenvalue weighted by Gasteiger charge is -2.15. The minimum Gasteiger partial charge on any atom is -0.271 e. The minimum absolute atomic E-state index is 0.0489. The molecule has 0 aliphatic rings. The van der Waals surface area contributed by atoms with E-state index in [1.54, 1.807) is 11.3 Å². The van der Waals surface area contributed by atoms with Gasteiger partial charge in [-0.25, -0.2) is 0 Å². The second-order valence-corrected chi connectivity index (χ2v) is 7.95. The molecule has 1 aromatic carbocycles. The van der Waals surface area contributed by atoms with Crippen LogP contribution in [0.25, 0.3) is 0 Å². The van der Waals surface area contributed by atoms with E-state index >= 15 is 0 Å². The second-order valence-electron chi connectivity index (χ2n) is 4.29. The van der Waals surface area contributed by atoms with Crippen molar-refractivity contribution in [3.05, 3.63) is 53.6 Å². The zero-order valence-corrected chi connectivity index (χ0v) is 15.0. The summed E-state index contributed by atoms with van der Waals surface area (Å²) in [5.74, 6) is 5.67. The number of hydrogen-bond donors (Lipinski definition) is 2. The SMILES string of the molecule is Cc1ccc(CC(NN)c2cc(Br)c(Br)s2)c(Cl)c1. The first-order valence-corrected chi connectivity index (χ1v) is 8.45. The summed E-state index contributed by atoms with van der Waals surface area (Å²) in [6, 6.07) is 8.22. The molecule has 3 N–H and O–H groups in total. The van der Waals surface area contributed by atoms with Gasteiger partial charge in [-0.05, 0) is 68.5 Å². The molecular formula is C13H13Br2ClN2S. The molecule has 2 aromatic rings. The molecule has 0 saturated heterocycles. The Hall–Kier alpha value is 0.0900. The molecule has 0 radical (unpaired) electrons. The summed E-state index contributed by atoms with van der Waals surface area (Å²) in [5, 5.41) is 0.787. The Balaban J connectivity index is 2.23. The first-order chi connectivity index (χ1) is 9.01. The van der Waals surface area contributed by atoms with Crippen LogP contribution in [0.3, 0.4) is 0 Å². The predicted molar refractivity (Wildman–Crippen MR) is 89.7 cm³/mol.